The van der Waals surface area contributed by atoms with Gasteiger partial charge < -0.3 is 9.32 Å². The largest absolute Gasteiger partial charge is 0.431 e. The Balaban J connectivity index is 1.47. The van der Waals surface area contributed by atoms with Gasteiger partial charge in [-0.15, -0.1) is 0 Å². The molecule has 0 unspecified atom stereocenters. The van der Waals surface area contributed by atoms with Gasteiger partial charge in [0.1, 0.15) is 5.82 Å². The Bertz CT molecular complexity index is 1040. The summed E-state index contributed by atoms with van der Waals surface area (Å²) in [6.07, 6.45) is 2.10. The lowest BCUT2D eigenvalue weighted by Crippen LogP contribution is -2.28. The summed E-state index contributed by atoms with van der Waals surface area (Å²) in [4.78, 5) is 28.9. The first-order chi connectivity index (χ1) is 13.5. The normalized spacial score (nSPS) is 16.5. The van der Waals surface area contributed by atoms with Gasteiger partial charge in [0.2, 0.25) is 5.91 Å². The summed E-state index contributed by atoms with van der Waals surface area (Å²) in [5, 5.41) is 10.9. The first-order valence-electron chi connectivity index (χ1n) is 8.45. The standard InChI is InChI=1S/C19H14FN3O4S/c20-13-6-4-12(5-7-13)16-11-21-19(27-16)28-17-8-9-22(18(17)24)14-2-1-3-15(10-14)23(25)26/h1-7,10-11,17H,8-9H2/t17-/m0/s1. The Morgan fingerprint density at radius 3 is 2.79 bits per heavy atom. The molecule has 7 nitrogen and oxygen atoms in total. The maximum atomic E-state index is 13.0. The third kappa shape index (κ3) is 3.61. The smallest absolute Gasteiger partial charge is 0.271 e. The first-order valence-corrected chi connectivity index (χ1v) is 9.33. The Hall–Kier alpha value is -3.20. The molecular formula is C19H14FN3O4S. The average molecular weight is 399 g/mol. The zero-order valence-electron chi connectivity index (χ0n) is 14.4. The van der Waals surface area contributed by atoms with E-state index in [1.165, 1.54) is 47.1 Å². The predicted molar refractivity (Wildman–Crippen MR) is 102 cm³/mol. The molecule has 1 fully saturated rings. The fraction of sp³-hybridized carbons (Fsp3) is 0.158. The van der Waals surface area contributed by atoms with E-state index in [1.807, 2.05) is 0 Å². The van der Waals surface area contributed by atoms with Crippen molar-refractivity contribution >= 4 is 29.0 Å². The van der Waals surface area contributed by atoms with Crippen LogP contribution in [0, 0.1) is 15.9 Å². The van der Waals surface area contributed by atoms with Crippen molar-refractivity contribution in [3.8, 4) is 11.3 Å². The van der Waals surface area contributed by atoms with Crippen molar-refractivity contribution in [2.45, 2.75) is 16.9 Å². The number of carbonyl (C=O) groups is 1. The summed E-state index contributed by atoms with van der Waals surface area (Å²) in [5.41, 5.74) is 1.14. The molecular weight excluding hydrogens is 385 g/mol. The van der Waals surface area contributed by atoms with Crippen LogP contribution in [0.5, 0.6) is 0 Å². The molecule has 1 aromatic heterocycles. The molecule has 0 saturated carbocycles. The number of hydrogen-bond acceptors (Lipinski definition) is 6. The van der Waals surface area contributed by atoms with E-state index in [9.17, 15) is 19.3 Å². The molecule has 1 atom stereocenters. The van der Waals surface area contributed by atoms with Gasteiger partial charge in [0.05, 0.1) is 22.1 Å². The van der Waals surface area contributed by atoms with E-state index in [1.54, 1.807) is 24.3 Å². The highest BCUT2D eigenvalue weighted by Crippen LogP contribution is 2.35. The molecule has 0 N–H and O–H groups in total. The van der Waals surface area contributed by atoms with Crippen LogP contribution in [0.2, 0.25) is 0 Å². The van der Waals surface area contributed by atoms with Gasteiger partial charge in [-0.25, -0.2) is 9.37 Å². The molecule has 0 aliphatic carbocycles. The van der Waals surface area contributed by atoms with Crippen molar-refractivity contribution in [1.29, 1.82) is 0 Å². The van der Waals surface area contributed by atoms with Gasteiger partial charge in [-0.3, -0.25) is 14.9 Å². The SMILES string of the molecule is O=C1[C@@H](Sc2ncc(-c3ccc(F)cc3)o2)CCN1c1cccc([N+](=O)[O-])c1. The van der Waals surface area contributed by atoms with Crippen LogP contribution in [-0.4, -0.2) is 27.6 Å². The van der Waals surface area contributed by atoms with E-state index in [-0.39, 0.29) is 22.7 Å². The highest BCUT2D eigenvalue weighted by molar-refractivity contribution is 8.00. The van der Waals surface area contributed by atoms with Crippen molar-refractivity contribution in [2.75, 3.05) is 11.4 Å². The Morgan fingerprint density at radius 2 is 2.04 bits per heavy atom. The minimum Gasteiger partial charge on any atom is -0.431 e. The number of oxazole rings is 1. The van der Waals surface area contributed by atoms with Gasteiger partial charge in [-0.2, -0.15) is 0 Å². The quantitative estimate of drug-likeness (QED) is 0.470. The van der Waals surface area contributed by atoms with Crippen molar-refractivity contribution in [3.05, 3.63) is 70.7 Å². The van der Waals surface area contributed by atoms with Crippen LogP contribution >= 0.6 is 11.8 Å². The molecule has 28 heavy (non-hydrogen) atoms. The van der Waals surface area contributed by atoms with Crippen molar-refractivity contribution in [2.24, 2.45) is 0 Å². The highest BCUT2D eigenvalue weighted by atomic mass is 32.2. The highest BCUT2D eigenvalue weighted by Gasteiger charge is 2.35. The Labute approximate surface area is 163 Å². The van der Waals surface area contributed by atoms with E-state index in [0.717, 1.165) is 0 Å². The number of nitrogens with zero attached hydrogens (tertiary/aromatic N) is 3. The molecule has 4 rings (SSSR count). The number of halogens is 1. The van der Waals surface area contributed by atoms with Crippen molar-refractivity contribution in [3.63, 3.8) is 0 Å². The molecule has 1 amide bonds. The summed E-state index contributed by atoms with van der Waals surface area (Å²) in [5.74, 6) is 0.00572. The average Bonchev–Trinajstić information content (AvgIpc) is 3.30. The molecule has 0 bridgehead atoms. The molecule has 1 aliphatic heterocycles. The number of nitro benzene ring substituents is 1. The topological polar surface area (TPSA) is 89.5 Å². The second kappa shape index (κ2) is 7.43. The van der Waals surface area contributed by atoms with Crippen LogP contribution in [0.3, 0.4) is 0 Å². The number of thioether (sulfide) groups is 1. The second-order valence-corrected chi connectivity index (χ2v) is 7.31. The minimum absolute atomic E-state index is 0.0574. The fourth-order valence-corrected chi connectivity index (χ4v) is 3.92. The van der Waals surface area contributed by atoms with Crippen LogP contribution < -0.4 is 4.90 Å². The number of non-ortho nitro benzene ring substituents is 1. The summed E-state index contributed by atoms with van der Waals surface area (Å²) >= 11 is 1.21. The molecule has 1 aliphatic rings. The van der Waals surface area contributed by atoms with E-state index < -0.39 is 4.92 Å². The molecule has 2 heterocycles. The zero-order chi connectivity index (χ0) is 19.7. The molecule has 0 radical (unpaired) electrons. The zero-order valence-corrected chi connectivity index (χ0v) is 15.3. The summed E-state index contributed by atoms with van der Waals surface area (Å²) in [6.45, 7) is 0.462. The van der Waals surface area contributed by atoms with Gasteiger partial charge in [-0.05, 0) is 36.8 Å². The van der Waals surface area contributed by atoms with E-state index in [4.69, 9.17) is 4.42 Å². The maximum Gasteiger partial charge on any atom is 0.271 e. The van der Waals surface area contributed by atoms with Crippen molar-refractivity contribution in [1.82, 2.24) is 4.98 Å². The Morgan fingerprint density at radius 1 is 1.25 bits per heavy atom. The lowest BCUT2D eigenvalue weighted by Gasteiger charge is -2.16. The molecule has 9 heteroatoms. The number of aromatic nitrogens is 1. The number of rotatable bonds is 5. The van der Waals surface area contributed by atoms with Crippen LogP contribution in [0.1, 0.15) is 6.42 Å². The summed E-state index contributed by atoms with van der Waals surface area (Å²) in [6, 6.07) is 11.9. The number of anilines is 1. The molecule has 3 aromatic rings. The number of carbonyl (C=O) groups excluding carboxylic acids is 1. The lowest BCUT2D eigenvalue weighted by atomic mass is 10.2. The molecule has 142 valence electrons. The van der Waals surface area contributed by atoms with Crippen molar-refractivity contribution < 1.29 is 18.5 Å². The number of benzene rings is 2. The minimum atomic E-state index is -0.486. The summed E-state index contributed by atoms with van der Waals surface area (Å²) < 4.78 is 18.7. The number of hydrogen-bond donors (Lipinski definition) is 0. The third-order valence-corrected chi connectivity index (χ3v) is 5.48. The monoisotopic (exact) mass is 399 g/mol. The summed E-state index contributed by atoms with van der Waals surface area (Å²) in [7, 11) is 0. The third-order valence-electron chi connectivity index (χ3n) is 4.36. The fourth-order valence-electron chi connectivity index (χ4n) is 2.98. The predicted octanol–water partition coefficient (Wildman–Crippen LogP) is 4.29. The number of nitro groups is 1. The second-order valence-electron chi connectivity index (χ2n) is 6.16. The van der Waals surface area contributed by atoms with Crippen LogP contribution in [0.4, 0.5) is 15.8 Å². The molecule has 1 saturated heterocycles. The van der Waals surface area contributed by atoms with Gasteiger partial charge in [0, 0.05) is 24.2 Å². The number of amides is 1. The van der Waals surface area contributed by atoms with E-state index >= 15 is 0 Å². The van der Waals surface area contributed by atoms with Crippen LogP contribution in [0.15, 0.2) is 64.4 Å². The van der Waals surface area contributed by atoms with Gasteiger partial charge in [0.25, 0.3) is 10.9 Å². The lowest BCUT2D eigenvalue weighted by molar-refractivity contribution is -0.384. The van der Waals surface area contributed by atoms with E-state index in [2.05, 4.69) is 4.98 Å². The Kier molecular flexibility index (Phi) is 4.82. The van der Waals surface area contributed by atoms with Crippen LogP contribution in [-0.2, 0) is 4.79 Å². The molecule has 0 spiro atoms. The van der Waals surface area contributed by atoms with Crippen LogP contribution in [0.25, 0.3) is 11.3 Å². The van der Waals surface area contributed by atoms with Gasteiger partial charge >= 0.3 is 0 Å². The first kappa shape index (κ1) is 18.2. The van der Waals surface area contributed by atoms with Gasteiger partial charge in [-0.1, -0.05) is 17.8 Å². The van der Waals surface area contributed by atoms with Gasteiger partial charge in [0.15, 0.2) is 5.76 Å². The van der Waals surface area contributed by atoms with E-state index in [0.29, 0.717) is 35.2 Å². The molecule has 2 aromatic carbocycles. The maximum absolute atomic E-state index is 13.0.